The molecule has 0 aliphatic carbocycles. The smallest absolute Gasteiger partial charge is 0.242 e. The van der Waals surface area contributed by atoms with Crippen molar-refractivity contribution >= 4 is 27.7 Å². The highest BCUT2D eigenvalue weighted by Crippen LogP contribution is 2.47. The first kappa shape index (κ1) is 15.3. The Kier molecular flexibility index (Phi) is 3.38. The van der Waals surface area contributed by atoms with Crippen molar-refractivity contribution in [3.63, 3.8) is 0 Å². The van der Waals surface area contributed by atoms with Crippen LogP contribution in [0.3, 0.4) is 0 Å². The minimum absolute atomic E-state index is 0.139. The molecule has 1 amide bonds. The number of amides is 1. The van der Waals surface area contributed by atoms with Crippen molar-refractivity contribution in [1.82, 2.24) is 9.21 Å². The van der Waals surface area contributed by atoms with E-state index in [1.807, 2.05) is 23.6 Å². The fourth-order valence-corrected chi connectivity index (χ4v) is 8.56. The van der Waals surface area contributed by atoms with E-state index in [1.54, 1.807) is 4.31 Å². The average molecular weight is 345 g/mol. The van der Waals surface area contributed by atoms with Gasteiger partial charge in [-0.2, -0.15) is 16.1 Å². The van der Waals surface area contributed by atoms with Crippen LogP contribution < -0.4 is 0 Å². The number of sulfonamides is 1. The number of carbonyl (C=O) groups excluding carboxylic acids is 1. The van der Waals surface area contributed by atoms with Crippen LogP contribution in [0.4, 0.5) is 0 Å². The summed E-state index contributed by atoms with van der Waals surface area (Å²) in [4.78, 5) is 14.6. The normalized spacial score (nSPS) is 39.7. The molecule has 0 aromatic heterocycles. The highest BCUT2D eigenvalue weighted by molar-refractivity contribution is 7.99. The Labute approximate surface area is 136 Å². The first-order chi connectivity index (χ1) is 10.4. The van der Waals surface area contributed by atoms with Gasteiger partial charge in [-0.3, -0.25) is 4.79 Å². The van der Waals surface area contributed by atoms with Gasteiger partial charge >= 0.3 is 0 Å². The number of hydrogen-bond acceptors (Lipinski definition) is 4. The standard InChI is InChI=1S/C15H24N2O3S2/c1-14-3-2-6-17(14)22(19,20)12(9-14)13(18)16-10-15(11-16)4-7-21-8-5-15/h12H,2-11H2,1H3/t12-,14+/m0/s1. The molecule has 0 radical (unpaired) electrons. The zero-order valence-electron chi connectivity index (χ0n) is 13.1. The van der Waals surface area contributed by atoms with Crippen LogP contribution in [0.2, 0.25) is 0 Å². The molecule has 7 heteroatoms. The zero-order chi connectivity index (χ0) is 15.6. The molecule has 0 saturated carbocycles. The van der Waals surface area contributed by atoms with E-state index in [-0.39, 0.29) is 11.4 Å². The summed E-state index contributed by atoms with van der Waals surface area (Å²) in [5.41, 5.74) is -0.0213. The van der Waals surface area contributed by atoms with E-state index in [2.05, 4.69) is 0 Å². The Balaban J connectivity index is 1.48. The van der Waals surface area contributed by atoms with Crippen LogP contribution in [0.1, 0.15) is 39.0 Å². The lowest BCUT2D eigenvalue weighted by molar-refractivity contribution is -0.143. The van der Waals surface area contributed by atoms with Gasteiger partial charge in [0.05, 0.1) is 0 Å². The third kappa shape index (κ3) is 2.08. The number of nitrogens with zero attached hydrogens (tertiary/aromatic N) is 2. The zero-order valence-corrected chi connectivity index (χ0v) is 14.7. The van der Waals surface area contributed by atoms with E-state index in [0.717, 1.165) is 25.9 Å². The number of fused-ring (bicyclic) bond motifs is 1. The first-order valence-corrected chi connectivity index (χ1v) is 10.9. The molecule has 4 rings (SSSR count). The predicted molar refractivity (Wildman–Crippen MR) is 87.2 cm³/mol. The SMILES string of the molecule is C[C@]12CCCN1S(=O)(=O)[C@H](C(=O)N1CC3(CCSCC3)C1)C2. The van der Waals surface area contributed by atoms with Gasteiger partial charge in [-0.05, 0) is 50.5 Å². The van der Waals surface area contributed by atoms with Gasteiger partial charge in [0.1, 0.15) is 0 Å². The van der Waals surface area contributed by atoms with Gasteiger partial charge in [-0.25, -0.2) is 8.42 Å². The van der Waals surface area contributed by atoms with Gasteiger partial charge in [-0.1, -0.05) is 0 Å². The summed E-state index contributed by atoms with van der Waals surface area (Å²) in [5.74, 6) is 2.21. The molecule has 5 nitrogen and oxygen atoms in total. The molecule has 4 aliphatic rings. The maximum absolute atomic E-state index is 12.8. The van der Waals surface area contributed by atoms with Gasteiger partial charge in [-0.15, -0.1) is 0 Å². The fraction of sp³-hybridized carbons (Fsp3) is 0.933. The highest BCUT2D eigenvalue weighted by Gasteiger charge is 2.59. The Morgan fingerprint density at radius 3 is 2.50 bits per heavy atom. The van der Waals surface area contributed by atoms with Crippen molar-refractivity contribution < 1.29 is 13.2 Å². The molecule has 4 fully saturated rings. The molecule has 0 aromatic carbocycles. The van der Waals surface area contributed by atoms with Crippen LogP contribution in [0.15, 0.2) is 0 Å². The van der Waals surface area contributed by atoms with E-state index in [9.17, 15) is 13.2 Å². The largest absolute Gasteiger partial charge is 0.340 e. The molecule has 22 heavy (non-hydrogen) atoms. The summed E-state index contributed by atoms with van der Waals surface area (Å²) in [6.45, 7) is 4.13. The number of likely N-dealkylation sites (tertiary alicyclic amines) is 1. The van der Waals surface area contributed by atoms with Crippen LogP contribution >= 0.6 is 11.8 Å². The summed E-state index contributed by atoms with van der Waals surface area (Å²) < 4.78 is 27.0. The van der Waals surface area contributed by atoms with Crippen molar-refractivity contribution in [3.8, 4) is 0 Å². The molecular formula is C15H24N2O3S2. The third-order valence-corrected chi connectivity index (χ3v) is 9.47. The Morgan fingerprint density at radius 1 is 1.18 bits per heavy atom. The molecule has 0 bridgehead atoms. The second-order valence-corrected chi connectivity index (χ2v) is 11.0. The quantitative estimate of drug-likeness (QED) is 0.719. The van der Waals surface area contributed by atoms with Crippen LogP contribution in [0.5, 0.6) is 0 Å². The Hall–Kier alpha value is -0.270. The lowest BCUT2D eigenvalue weighted by Gasteiger charge is -2.52. The van der Waals surface area contributed by atoms with Crippen molar-refractivity contribution in [2.45, 2.75) is 49.8 Å². The lowest BCUT2D eigenvalue weighted by atomic mass is 9.74. The van der Waals surface area contributed by atoms with E-state index in [1.165, 1.54) is 24.3 Å². The molecule has 2 atom stereocenters. The molecule has 124 valence electrons. The Bertz CT molecular complexity index is 592. The molecule has 1 spiro atoms. The highest BCUT2D eigenvalue weighted by atomic mass is 32.2. The number of thioether (sulfide) groups is 1. The maximum Gasteiger partial charge on any atom is 0.242 e. The topological polar surface area (TPSA) is 57.7 Å². The third-order valence-electron chi connectivity index (χ3n) is 6.16. The number of carbonyl (C=O) groups is 1. The summed E-state index contributed by atoms with van der Waals surface area (Å²) in [5, 5.41) is -0.826. The minimum Gasteiger partial charge on any atom is -0.340 e. The molecule has 0 N–H and O–H groups in total. The predicted octanol–water partition coefficient (Wildman–Crippen LogP) is 1.30. The van der Waals surface area contributed by atoms with Gasteiger partial charge in [0, 0.05) is 30.6 Å². The van der Waals surface area contributed by atoms with Crippen LogP contribution in [0, 0.1) is 5.41 Å². The van der Waals surface area contributed by atoms with Crippen molar-refractivity contribution in [3.05, 3.63) is 0 Å². The van der Waals surface area contributed by atoms with Crippen LogP contribution in [-0.4, -0.2) is 65.5 Å². The van der Waals surface area contributed by atoms with Gasteiger partial charge in [0.25, 0.3) is 0 Å². The van der Waals surface area contributed by atoms with Gasteiger partial charge < -0.3 is 4.90 Å². The number of rotatable bonds is 1. The fourth-order valence-electron chi connectivity index (χ4n) is 4.75. The van der Waals surface area contributed by atoms with E-state index in [4.69, 9.17) is 0 Å². The van der Waals surface area contributed by atoms with E-state index in [0.29, 0.717) is 18.4 Å². The van der Waals surface area contributed by atoms with Crippen molar-refractivity contribution in [1.29, 1.82) is 0 Å². The molecule has 0 unspecified atom stereocenters. The molecule has 4 saturated heterocycles. The van der Waals surface area contributed by atoms with Crippen molar-refractivity contribution in [2.24, 2.45) is 5.41 Å². The van der Waals surface area contributed by atoms with Gasteiger partial charge in [0.15, 0.2) is 5.25 Å². The summed E-state index contributed by atoms with van der Waals surface area (Å²) in [7, 11) is -3.45. The molecule has 4 heterocycles. The second kappa shape index (κ2) is 4.86. The van der Waals surface area contributed by atoms with E-state index < -0.39 is 15.3 Å². The van der Waals surface area contributed by atoms with E-state index >= 15 is 0 Å². The molecule has 4 aliphatic heterocycles. The summed E-state index contributed by atoms with van der Waals surface area (Å²) >= 11 is 1.99. The maximum atomic E-state index is 12.8. The lowest BCUT2D eigenvalue weighted by Crippen LogP contribution is -2.62. The molecule has 0 aromatic rings. The summed E-state index contributed by atoms with van der Waals surface area (Å²) in [6, 6.07) is 0. The summed E-state index contributed by atoms with van der Waals surface area (Å²) in [6.07, 6.45) is 4.62. The Morgan fingerprint density at radius 2 is 1.86 bits per heavy atom. The molecular weight excluding hydrogens is 320 g/mol. The monoisotopic (exact) mass is 344 g/mol. The number of hydrogen-bond donors (Lipinski definition) is 0. The van der Waals surface area contributed by atoms with Crippen LogP contribution in [0.25, 0.3) is 0 Å². The first-order valence-electron chi connectivity index (χ1n) is 8.25. The van der Waals surface area contributed by atoms with Crippen molar-refractivity contribution in [2.75, 3.05) is 31.1 Å². The second-order valence-electron chi connectivity index (χ2n) is 7.72. The minimum atomic E-state index is -3.45. The van der Waals surface area contributed by atoms with Gasteiger partial charge in [0.2, 0.25) is 15.9 Å². The average Bonchev–Trinajstić information content (AvgIpc) is 2.92. The van der Waals surface area contributed by atoms with Crippen LogP contribution in [-0.2, 0) is 14.8 Å².